The van der Waals surface area contributed by atoms with Crippen LogP contribution in [0.5, 0.6) is 0 Å². The molecule has 1 aliphatic heterocycles. The highest BCUT2D eigenvalue weighted by atomic mass is 16.7. The number of amides is 1. The number of carbonyl (C=O) groups is 2. The average Bonchev–Trinajstić information content (AvgIpc) is 3.42. The van der Waals surface area contributed by atoms with Crippen LogP contribution in [-0.2, 0) is 23.8 Å². The number of ether oxygens (including phenoxy) is 3. The fourth-order valence-corrected chi connectivity index (χ4v) is 8.91. The van der Waals surface area contributed by atoms with Crippen LogP contribution in [0, 0.1) is 0 Å². The molecule has 0 aromatic carbocycles. The van der Waals surface area contributed by atoms with Crippen molar-refractivity contribution in [2.45, 2.75) is 288 Å². The van der Waals surface area contributed by atoms with Crippen molar-refractivity contribution in [2.24, 2.45) is 0 Å². The molecule has 11 heteroatoms. The van der Waals surface area contributed by atoms with E-state index in [2.05, 4.69) is 99.0 Å². The minimum Gasteiger partial charge on any atom is -0.454 e. The fraction of sp³-hybridized carbons (Fsp3) is 0.723. The number of esters is 1. The van der Waals surface area contributed by atoms with E-state index in [0.29, 0.717) is 12.8 Å². The third-order valence-corrected chi connectivity index (χ3v) is 13.7. The Kier molecular flexibility index (Phi) is 48.6. The number of nitrogens with one attached hydrogen (secondary N) is 1. The summed E-state index contributed by atoms with van der Waals surface area (Å²) >= 11 is 0. The highest BCUT2D eigenvalue weighted by molar-refractivity contribution is 5.80. The molecule has 1 heterocycles. The van der Waals surface area contributed by atoms with Gasteiger partial charge < -0.3 is 45.1 Å². The quantitative estimate of drug-likeness (QED) is 0.0195. The molecular weight excluding hydrogens is 955 g/mol. The molecule has 1 saturated heterocycles. The fourth-order valence-electron chi connectivity index (χ4n) is 8.91. The van der Waals surface area contributed by atoms with Crippen molar-refractivity contribution < 1.29 is 49.3 Å². The number of rotatable bonds is 50. The molecule has 0 radical (unpaired) electrons. The molecule has 1 amide bonds. The van der Waals surface area contributed by atoms with Crippen LogP contribution in [0.1, 0.15) is 239 Å². The molecule has 8 atom stereocenters. The van der Waals surface area contributed by atoms with Crippen LogP contribution in [-0.4, -0.2) is 99.6 Å². The molecule has 0 aromatic heterocycles. The summed E-state index contributed by atoms with van der Waals surface area (Å²) in [6, 6.07) is -1.05. The van der Waals surface area contributed by atoms with Crippen LogP contribution in [0.2, 0.25) is 0 Å². The van der Waals surface area contributed by atoms with Crippen molar-refractivity contribution in [3.8, 4) is 0 Å². The van der Waals surface area contributed by atoms with Crippen molar-refractivity contribution in [2.75, 3.05) is 13.2 Å². The van der Waals surface area contributed by atoms with E-state index in [1.54, 1.807) is 6.08 Å². The number of unbranched alkanes of at least 4 members (excludes halogenated alkanes) is 22. The molecule has 0 saturated carbocycles. The molecule has 6 N–H and O–H groups in total. The second-order valence-electron chi connectivity index (χ2n) is 20.7. The Bertz CT molecular complexity index is 1600. The van der Waals surface area contributed by atoms with Crippen molar-refractivity contribution >= 4 is 11.9 Å². The minimum atomic E-state index is -1.64. The molecular formula is C65H111NO10. The lowest BCUT2D eigenvalue weighted by atomic mass is 9.99. The van der Waals surface area contributed by atoms with Gasteiger partial charge in [-0.3, -0.25) is 9.59 Å². The van der Waals surface area contributed by atoms with Crippen molar-refractivity contribution in [1.29, 1.82) is 0 Å². The second kappa shape index (κ2) is 52.3. The van der Waals surface area contributed by atoms with Gasteiger partial charge in [-0.2, -0.15) is 0 Å². The lowest BCUT2D eigenvalue weighted by molar-refractivity contribution is -0.305. The first-order valence-corrected chi connectivity index (χ1v) is 30.5. The number of aliphatic hydroxyl groups excluding tert-OH is 5. The van der Waals surface area contributed by atoms with Gasteiger partial charge in [0.05, 0.1) is 25.4 Å². The van der Waals surface area contributed by atoms with Gasteiger partial charge in [0.15, 0.2) is 12.4 Å². The minimum absolute atomic E-state index is 0.0123. The normalized spacial score (nSPS) is 19.8. The van der Waals surface area contributed by atoms with E-state index < -0.39 is 67.4 Å². The Morgan fingerprint density at radius 2 is 0.947 bits per heavy atom. The number of hydrogen-bond acceptors (Lipinski definition) is 10. The SMILES string of the molecule is CC/C=C\C/C=C\C/C=C\C/C=C\C/C=C\CCCCCCCCC(O)C(=O)NC(COC1OC(CO)C(O)C(O)C1OC(=O)CC/C=C/C/C=C\CCCCCCCC)C(O)/C=C/CCCCCCCCCCCC. The first kappa shape index (κ1) is 70.6. The third kappa shape index (κ3) is 39.9. The van der Waals surface area contributed by atoms with Crippen LogP contribution in [0.25, 0.3) is 0 Å². The molecule has 0 bridgehead atoms. The zero-order valence-corrected chi connectivity index (χ0v) is 48.1. The third-order valence-electron chi connectivity index (χ3n) is 13.7. The summed E-state index contributed by atoms with van der Waals surface area (Å²) in [6.07, 6.45) is 58.9. The van der Waals surface area contributed by atoms with E-state index in [0.717, 1.165) is 109 Å². The smallest absolute Gasteiger partial charge is 0.306 e. The number of allylic oxidation sites excluding steroid dienone is 15. The lowest BCUT2D eigenvalue weighted by Gasteiger charge is -2.41. The van der Waals surface area contributed by atoms with Gasteiger partial charge in [-0.15, -0.1) is 0 Å². The Labute approximate surface area is 463 Å². The molecule has 76 heavy (non-hydrogen) atoms. The molecule has 1 aliphatic rings. The Hall–Kier alpha value is -3.42. The van der Waals surface area contributed by atoms with Gasteiger partial charge in [-0.1, -0.05) is 240 Å². The van der Waals surface area contributed by atoms with Gasteiger partial charge in [0.1, 0.15) is 24.4 Å². The van der Waals surface area contributed by atoms with Gasteiger partial charge in [-0.25, -0.2) is 0 Å². The summed E-state index contributed by atoms with van der Waals surface area (Å²) in [5, 5.41) is 56.9. The maximum absolute atomic E-state index is 13.4. The summed E-state index contributed by atoms with van der Waals surface area (Å²) in [6.45, 7) is 5.61. The van der Waals surface area contributed by atoms with E-state index in [4.69, 9.17) is 14.2 Å². The van der Waals surface area contributed by atoms with Crippen LogP contribution >= 0.6 is 0 Å². The Morgan fingerprint density at radius 3 is 1.42 bits per heavy atom. The van der Waals surface area contributed by atoms with E-state index in [1.807, 2.05) is 18.2 Å². The molecule has 11 nitrogen and oxygen atoms in total. The summed E-state index contributed by atoms with van der Waals surface area (Å²) in [5.74, 6) is -1.28. The summed E-state index contributed by atoms with van der Waals surface area (Å²) in [4.78, 5) is 26.5. The first-order chi connectivity index (χ1) is 37.2. The topological polar surface area (TPSA) is 175 Å². The van der Waals surface area contributed by atoms with Crippen molar-refractivity contribution in [1.82, 2.24) is 5.32 Å². The van der Waals surface area contributed by atoms with Crippen molar-refractivity contribution in [3.05, 3.63) is 97.2 Å². The van der Waals surface area contributed by atoms with Gasteiger partial charge >= 0.3 is 5.97 Å². The van der Waals surface area contributed by atoms with Crippen LogP contribution < -0.4 is 5.32 Å². The Morgan fingerprint density at radius 1 is 0.526 bits per heavy atom. The molecule has 1 rings (SSSR count). The maximum Gasteiger partial charge on any atom is 0.306 e. The summed E-state index contributed by atoms with van der Waals surface area (Å²) in [7, 11) is 0. The molecule has 0 aromatic rings. The maximum atomic E-state index is 13.4. The predicted octanol–water partition coefficient (Wildman–Crippen LogP) is 14.3. The lowest BCUT2D eigenvalue weighted by Crippen LogP contribution is -2.61. The predicted molar refractivity (Wildman–Crippen MR) is 315 cm³/mol. The molecule has 8 unspecified atom stereocenters. The van der Waals surface area contributed by atoms with E-state index in [9.17, 15) is 35.1 Å². The van der Waals surface area contributed by atoms with Crippen LogP contribution in [0.3, 0.4) is 0 Å². The molecule has 0 spiro atoms. The largest absolute Gasteiger partial charge is 0.454 e. The number of hydrogen-bond donors (Lipinski definition) is 6. The molecule has 1 fully saturated rings. The van der Waals surface area contributed by atoms with Crippen LogP contribution in [0.4, 0.5) is 0 Å². The van der Waals surface area contributed by atoms with E-state index in [-0.39, 0.29) is 19.4 Å². The van der Waals surface area contributed by atoms with E-state index >= 15 is 0 Å². The summed E-state index contributed by atoms with van der Waals surface area (Å²) in [5.41, 5.74) is 0. The van der Waals surface area contributed by atoms with E-state index in [1.165, 1.54) is 83.5 Å². The van der Waals surface area contributed by atoms with Crippen LogP contribution in [0.15, 0.2) is 97.2 Å². The van der Waals surface area contributed by atoms with Crippen molar-refractivity contribution in [3.63, 3.8) is 0 Å². The van der Waals surface area contributed by atoms with Gasteiger partial charge in [0.25, 0.3) is 0 Å². The van der Waals surface area contributed by atoms with Gasteiger partial charge in [-0.05, 0) is 89.9 Å². The zero-order chi connectivity index (χ0) is 55.4. The number of aliphatic hydroxyl groups is 5. The molecule has 0 aliphatic carbocycles. The molecule has 436 valence electrons. The monoisotopic (exact) mass is 1070 g/mol. The zero-order valence-electron chi connectivity index (χ0n) is 48.1. The summed E-state index contributed by atoms with van der Waals surface area (Å²) < 4.78 is 17.5. The van der Waals surface area contributed by atoms with Gasteiger partial charge in [0.2, 0.25) is 5.91 Å². The first-order valence-electron chi connectivity index (χ1n) is 30.5. The Balaban J connectivity index is 2.71. The highest BCUT2D eigenvalue weighted by Crippen LogP contribution is 2.26. The second-order valence-corrected chi connectivity index (χ2v) is 20.7. The van der Waals surface area contributed by atoms with Gasteiger partial charge in [0, 0.05) is 6.42 Å². The highest BCUT2D eigenvalue weighted by Gasteiger charge is 2.47. The number of carbonyl (C=O) groups excluding carboxylic acids is 2. The standard InChI is InChI=1S/C65H111NO10/c1-4-7-10-13-16-19-22-25-26-27-28-29-30-31-32-33-35-37-40-43-46-49-52-58(69)64(73)66-56(57(68)51-48-45-42-39-36-24-21-18-15-12-9-6-3)55-74-65-63(62(72)61(71)59(54-67)75-65)76-60(70)53-50-47-44-41-38-34-23-20-17-14-11-8-5-2/h7,10,16,19,25-26,28-29,31-32,34,38,44,47-48,51,56-59,61-63,65,67-69,71-72H,4-6,8-9,11-15,17-18,20-24,27,30,33,35-37,39-43,45-46,49-50,52-55H2,1-3H3,(H,66,73)/b10-7-,19-16-,26-25-,29-28-,32-31-,38-34-,47-44+,51-48+. The average molecular weight is 1070 g/mol.